The van der Waals surface area contributed by atoms with Gasteiger partial charge in [-0.3, -0.25) is 4.99 Å². The fourth-order valence-corrected chi connectivity index (χ4v) is 3.31. The smallest absolute Gasteiger partial charge is 0.188 e. The van der Waals surface area contributed by atoms with Crippen LogP contribution in [0.2, 0.25) is 0 Å². The average Bonchev–Trinajstić information content (AvgIpc) is 3.23. The lowest BCUT2D eigenvalue weighted by molar-refractivity contribution is -0.785. The van der Waals surface area contributed by atoms with Gasteiger partial charge < -0.3 is 4.90 Å². The van der Waals surface area contributed by atoms with Gasteiger partial charge in [0, 0.05) is 11.1 Å². The third-order valence-corrected chi connectivity index (χ3v) is 4.23. The van der Waals surface area contributed by atoms with E-state index < -0.39 is 0 Å². The summed E-state index contributed by atoms with van der Waals surface area (Å²) in [6, 6.07) is 22.7. The molecule has 1 N–H and O–H groups in total. The summed E-state index contributed by atoms with van der Waals surface area (Å²) in [5.41, 5.74) is 4.05. The highest BCUT2D eigenvalue weighted by molar-refractivity contribution is 6.05. The van der Waals surface area contributed by atoms with Crippen LogP contribution in [-0.2, 0) is 0 Å². The average molecular weight is 249 g/mol. The summed E-state index contributed by atoms with van der Waals surface area (Å²) in [7, 11) is 0. The molecule has 2 nitrogen and oxygen atoms in total. The molecule has 0 bridgehead atoms. The van der Waals surface area contributed by atoms with Crippen molar-refractivity contribution >= 4 is 5.71 Å². The van der Waals surface area contributed by atoms with Crippen molar-refractivity contribution in [2.24, 2.45) is 4.99 Å². The summed E-state index contributed by atoms with van der Waals surface area (Å²) in [5, 5.41) is 0. The summed E-state index contributed by atoms with van der Waals surface area (Å²) < 4.78 is 0. The minimum Gasteiger partial charge on any atom is -0.309 e. The number of benzene rings is 2. The SMILES string of the molecule is c1ccc(C2=NCC[NH+]3[C@@H]2[C@@H]3c2ccccc2)cc1. The Labute approximate surface area is 113 Å². The number of fused-ring (bicyclic) bond motifs is 1. The van der Waals surface area contributed by atoms with Crippen molar-refractivity contribution in [3.8, 4) is 0 Å². The number of quaternary nitrogens is 1. The quantitative estimate of drug-likeness (QED) is 0.777. The molecule has 2 aromatic rings. The van der Waals surface area contributed by atoms with E-state index in [1.807, 2.05) is 0 Å². The highest BCUT2D eigenvalue weighted by Gasteiger charge is 2.59. The van der Waals surface area contributed by atoms with Crippen molar-refractivity contribution in [2.75, 3.05) is 13.1 Å². The minimum absolute atomic E-state index is 0.568. The second-order valence-electron chi connectivity index (χ2n) is 5.32. The summed E-state index contributed by atoms with van der Waals surface area (Å²) in [5.74, 6) is 0. The van der Waals surface area contributed by atoms with E-state index in [1.165, 1.54) is 23.4 Å². The minimum atomic E-state index is 0.568. The number of rotatable bonds is 2. The van der Waals surface area contributed by atoms with E-state index in [2.05, 4.69) is 60.7 Å². The summed E-state index contributed by atoms with van der Waals surface area (Å²) >= 11 is 0. The first-order valence-corrected chi connectivity index (χ1v) is 6.95. The first-order valence-electron chi connectivity index (χ1n) is 6.95. The number of hydrogen-bond donors (Lipinski definition) is 1. The molecule has 1 fully saturated rings. The van der Waals surface area contributed by atoms with Crippen molar-refractivity contribution in [1.29, 1.82) is 0 Å². The van der Waals surface area contributed by atoms with Gasteiger partial charge in [0.2, 0.25) is 0 Å². The lowest BCUT2D eigenvalue weighted by Gasteiger charge is -2.08. The van der Waals surface area contributed by atoms with Crippen LogP contribution in [0.25, 0.3) is 0 Å². The van der Waals surface area contributed by atoms with Gasteiger partial charge in [-0.05, 0) is 0 Å². The van der Waals surface area contributed by atoms with Crippen LogP contribution in [0.3, 0.4) is 0 Å². The topological polar surface area (TPSA) is 16.8 Å². The van der Waals surface area contributed by atoms with E-state index >= 15 is 0 Å². The van der Waals surface area contributed by atoms with Gasteiger partial charge in [-0.1, -0.05) is 60.7 Å². The van der Waals surface area contributed by atoms with E-state index in [-0.39, 0.29) is 0 Å². The third kappa shape index (κ3) is 1.80. The van der Waals surface area contributed by atoms with Crippen LogP contribution in [0, 0.1) is 0 Å². The fourth-order valence-electron chi connectivity index (χ4n) is 3.31. The number of nitrogens with one attached hydrogen (secondary N) is 1. The normalized spacial score (nSPS) is 28.4. The molecule has 2 aliphatic rings. The zero-order valence-electron chi connectivity index (χ0n) is 10.8. The van der Waals surface area contributed by atoms with Crippen LogP contribution in [0.5, 0.6) is 0 Å². The molecule has 0 radical (unpaired) electrons. The molecule has 2 heterocycles. The van der Waals surface area contributed by atoms with Gasteiger partial charge in [-0.2, -0.15) is 0 Å². The summed E-state index contributed by atoms with van der Waals surface area (Å²) in [4.78, 5) is 6.47. The van der Waals surface area contributed by atoms with Crippen molar-refractivity contribution in [3.63, 3.8) is 0 Å². The molecular weight excluding hydrogens is 232 g/mol. The lowest BCUT2D eigenvalue weighted by atomic mass is 10.0. The number of aliphatic imine (C=N–C) groups is 1. The van der Waals surface area contributed by atoms with E-state index in [0.717, 1.165) is 6.54 Å². The first kappa shape index (κ1) is 10.9. The maximum Gasteiger partial charge on any atom is 0.188 e. The van der Waals surface area contributed by atoms with Crippen LogP contribution in [-0.4, -0.2) is 24.8 Å². The lowest BCUT2D eigenvalue weighted by Crippen LogP contribution is -2.96. The van der Waals surface area contributed by atoms with Gasteiger partial charge in [0.05, 0.1) is 13.1 Å². The molecule has 0 aromatic heterocycles. The molecule has 4 rings (SSSR count). The molecule has 0 aliphatic carbocycles. The summed E-state index contributed by atoms with van der Waals surface area (Å²) in [6.07, 6.45) is 0. The predicted octanol–water partition coefficient (Wildman–Crippen LogP) is 1.50. The Morgan fingerprint density at radius 2 is 1.53 bits per heavy atom. The zero-order chi connectivity index (χ0) is 12.7. The Hall–Kier alpha value is -1.93. The van der Waals surface area contributed by atoms with E-state index in [9.17, 15) is 0 Å². The molecule has 19 heavy (non-hydrogen) atoms. The Balaban J connectivity index is 1.67. The van der Waals surface area contributed by atoms with Crippen LogP contribution in [0.4, 0.5) is 0 Å². The maximum absolute atomic E-state index is 4.79. The monoisotopic (exact) mass is 249 g/mol. The molecule has 1 unspecified atom stereocenters. The number of hydrogen-bond acceptors (Lipinski definition) is 1. The maximum atomic E-state index is 4.79. The van der Waals surface area contributed by atoms with E-state index in [4.69, 9.17) is 4.99 Å². The second-order valence-corrected chi connectivity index (χ2v) is 5.32. The van der Waals surface area contributed by atoms with Crippen molar-refractivity contribution in [1.82, 2.24) is 0 Å². The predicted molar refractivity (Wildman–Crippen MR) is 76.6 cm³/mol. The number of nitrogens with zero attached hydrogens (tertiary/aromatic N) is 1. The second kappa shape index (κ2) is 4.32. The van der Waals surface area contributed by atoms with Gasteiger partial charge >= 0.3 is 0 Å². The highest BCUT2D eigenvalue weighted by atomic mass is 15.4. The van der Waals surface area contributed by atoms with Crippen LogP contribution >= 0.6 is 0 Å². The van der Waals surface area contributed by atoms with Crippen LogP contribution in [0.1, 0.15) is 17.2 Å². The molecule has 0 spiro atoms. The largest absolute Gasteiger partial charge is 0.309 e. The standard InChI is InChI=1S/C17H16N2/c1-3-7-13(8-4-1)15-17-16(19(17)12-11-18-15)14-9-5-2-6-10-14/h1-10,16-17H,11-12H2/p+1/t16-,17-,19?/m0/s1. The van der Waals surface area contributed by atoms with Crippen molar-refractivity contribution < 1.29 is 4.90 Å². The molecule has 3 atom stereocenters. The Bertz CT molecular complexity index is 604. The van der Waals surface area contributed by atoms with E-state index in [0.29, 0.717) is 12.1 Å². The van der Waals surface area contributed by atoms with Gasteiger partial charge in [0.25, 0.3) is 0 Å². The molecule has 2 aromatic carbocycles. The van der Waals surface area contributed by atoms with Gasteiger partial charge in [-0.15, -0.1) is 0 Å². The van der Waals surface area contributed by atoms with Crippen LogP contribution in [0.15, 0.2) is 65.7 Å². The molecule has 94 valence electrons. The third-order valence-electron chi connectivity index (χ3n) is 4.23. The fraction of sp³-hybridized carbons (Fsp3) is 0.235. The highest BCUT2D eigenvalue weighted by Crippen LogP contribution is 2.27. The molecule has 0 saturated carbocycles. The molecule has 2 heteroatoms. The van der Waals surface area contributed by atoms with E-state index in [1.54, 1.807) is 4.90 Å². The first-order chi connectivity index (χ1) is 9.45. The van der Waals surface area contributed by atoms with Gasteiger partial charge in [-0.25, -0.2) is 0 Å². The van der Waals surface area contributed by atoms with Crippen LogP contribution < -0.4 is 4.90 Å². The Kier molecular flexibility index (Phi) is 2.49. The molecule has 0 amide bonds. The zero-order valence-corrected chi connectivity index (χ0v) is 10.8. The molecular formula is C17H17N2+. The van der Waals surface area contributed by atoms with Crippen molar-refractivity contribution in [2.45, 2.75) is 12.1 Å². The molecule has 1 saturated heterocycles. The van der Waals surface area contributed by atoms with Gasteiger partial charge in [0.1, 0.15) is 5.71 Å². The van der Waals surface area contributed by atoms with Crippen molar-refractivity contribution in [3.05, 3.63) is 71.8 Å². The molecule has 2 aliphatic heterocycles. The Morgan fingerprint density at radius 1 is 0.842 bits per heavy atom. The summed E-state index contributed by atoms with van der Waals surface area (Å²) in [6.45, 7) is 2.12. The Morgan fingerprint density at radius 3 is 2.26 bits per heavy atom. The van der Waals surface area contributed by atoms with Gasteiger partial charge in [0.15, 0.2) is 12.1 Å².